The van der Waals surface area contributed by atoms with E-state index in [1.165, 1.54) is 25.7 Å². The fraction of sp³-hybridized carbons (Fsp3) is 0.833. The normalized spacial score (nSPS) is 21.5. The molecule has 0 amide bonds. The Morgan fingerprint density at radius 3 is 3.00 bits per heavy atom. The Labute approximate surface area is 102 Å². The van der Waals surface area contributed by atoms with E-state index < -0.39 is 0 Å². The lowest BCUT2D eigenvalue weighted by Gasteiger charge is -2.26. The number of hydrogen-bond donors (Lipinski definition) is 1. The monoisotopic (exact) mass is 238 g/mol. The lowest BCUT2D eigenvalue weighted by molar-refractivity contribution is 0.453. The minimum Gasteiger partial charge on any atom is -0.408 e. The van der Waals surface area contributed by atoms with Crippen molar-refractivity contribution in [2.24, 2.45) is 5.73 Å². The van der Waals surface area contributed by atoms with Crippen molar-refractivity contribution in [2.45, 2.75) is 51.5 Å². The van der Waals surface area contributed by atoms with Gasteiger partial charge in [0.1, 0.15) is 0 Å². The Hall–Kier alpha value is -1.10. The molecule has 2 rings (SSSR count). The van der Waals surface area contributed by atoms with Gasteiger partial charge in [-0.25, -0.2) is 0 Å². The predicted molar refractivity (Wildman–Crippen MR) is 66.9 cm³/mol. The van der Waals surface area contributed by atoms with Gasteiger partial charge in [0.25, 0.3) is 0 Å². The molecule has 0 spiro atoms. The second kappa shape index (κ2) is 6.00. The SMILES string of the molecule is CCC1CCCCCN1c1nnc(CCN)o1. The molecule has 2 N–H and O–H groups in total. The maximum Gasteiger partial charge on any atom is 0.318 e. The summed E-state index contributed by atoms with van der Waals surface area (Å²) in [5, 5.41) is 8.19. The number of nitrogens with zero attached hydrogens (tertiary/aromatic N) is 3. The second-order valence-corrected chi connectivity index (χ2v) is 4.62. The van der Waals surface area contributed by atoms with Crippen LogP contribution in [-0.4, -0.2) is 29.3 Å². The number of aromatic nitrogens is 2. The first-order valence-electron chi connectivity index (χ1n) is 6.64. The average molecular weight is 238 g/mol. The van der Waals surface area contributed by atoms with Crippen LogP contribution in [0.4, 0.5) is 6.01 Å². The van der Waals surface area contributed by atoms with Gasteiger partial charge in [-0.3, -0.25) is 0 Å². The molecular weight excluding hydrogens is 216 g/mol. The zero-order valence-electron chi connectivity index (χ0n) is 10.6. The summed E-state index contributed by atoms with van der Waals surface area (Å²) in [4.78, 5) is 2.28. The molecule has 1 aliphatic heterocycles. The quantitative estimate of drug-likeness (QED) is 0.865. The van der Waals surface area contributed by atoms with Crippen LogP contribution in [0.25, 0.3) is 0 Å². The van der Waals surface area contributed by atoms with Gasteiger partial charge in [0, 0.05) is 25.6 Å². The molecule has 2 heterocycles. The van der Waals surface area contributed by atoms with Crippen molar-refractivity contribution in [1.29, 1.82) is 0 Å². The zero-order valence-corrected chi connectivity index (χ0v) is 10.6. The molecule has 17 heavy (non-hydrogen) atoms. The van der Waals surface area contributed by atoms with Crippen molar-refractivity contribution in [1.82, 2.24) is 10.2 Å². The summed E-state index contributed by atoms with van der Waals surface area (Å²) in [6.07, 6.45) is 6.85. The van der Waals surface area contributed by atoms with Crippen molar-refractivity contribution in [3.8, 4) is 0 Å². The first-order valence-corrected chi connectivity index (χ1v) is 6.64. The predicted octanol–water partition coefficient (Wildman–Crippen LogP) is 1.73. The lowest BCUT2D eigenvalue weighted by atomic mass is 10.1. The highest BCUT2D eigenvalue weighted by atomic mass is 16.4. The van der Waals surface area contributed by atoms with E-state index in [9.17, 15) is 0 Å². The molecule has 96 valence electrons. The summed E-state index contributed by atoms with van der Waals surface area (Å²) in [5.41, 5.74) is 5.49. The van der Waals surface area contributed by atoms with Crippen molar-refractivity contribution < 1.29 is 4.42 Å². The minimum absolute atomic E-state index is 0.545. The van der Waals surface area contributed by atoms with Crippen LogP contribution in [0.15, 0.2) is 4.42 Å². The van der Waals surface area contributed by atoms with Crippen LogP contribution in [0.5, 0.6) is 0 Å². The van der Waals surface area contributed by atoms with Crippen LogP contribution in [0, 0.1) is 0 Å². The van der Waals surface area contributed by atoms with Gasteiger partial charge < -0.3 is 15.1 Å². The molecule has 1 atom stereocenters. The summed E-state index contributed by atoms with van der Waals surface area (Å²) < 4.78 is 5.67. The molecule has 5 heteroatoms. The Balaban J connectivity index is 2.10. The molecule has 0 saturated carbocycles. The maximum absolute atomic E-state index is 5.67. The van der Waals surface area contributed by atoms with Gasteiger partial charge in [0.15, 0.2) is 0 Å². The van der Waals surface area contributed by atoms with E-state index in [0.29, 0.717) is 30.9 Å². The zero-order chi connectivity index (χ0) is 12.1. The molecule has 1 aromatic heterocycles. The molecule has 1 aromatic rings. The van der Waals surface area contributed by atoms with Gasteiger partial charge in [0.05, 0.1) is 0 Å². The molecular formula is C12H22N4O. The standard InChI is InChI=1S/C12H22N4O/c1-2-10-6-4-3-5-9-16(10)12-15-14-11(17-12)7-8-13/h10H,2-9,13H2,1H3. The minimum atomic E-state index is 0.545. The maximum atomic E-state index is 5.67. The van der Waals surface area contributed by atoms with Crippen molar-refractivity contribution in [3.63, 3.8) is 0 Å². The van der Waals surface area contributed by atoms with Gasteiger partial charge >= 0.3 is 6.01 Å². The van der Waals surface area contributed by atoms with E-state index in [1.807, 2.05) is 0 Å². The van der Waals surface area contributed by atoms with Gasteiger partial charge in [-0.05, 0) is 19.3 Å². The van der Waals surface area contributed by atoms with E-state index in [1.54, 1.807) is 0 Å². The molecule has 5 nitrogen and oxygen atoms in total. The average Bonchev–Trinajstić information content (AvgIpc) is 2.66. The summed E-state index contributed by atoms with van der Waals surface area (Å²) in [7, 11) is 0. The summed E-state index contributed by atoms with van der Waals surface area (Å²) in [5.74, 6) is 0.654. The van der Waals surface area contributed by atoms with Gasteiger partial charge in [-0.2, -0.15) is 0 Å². The second-order valence-electron chi connectivity index (χ2n) is 4.62. The highest BCUT2D eigenvalue weighted by Crippen LogP contribution is 2.24. The van der Waals surface area contributed by atoms with Crippen molar-refractivity contribution in [2.75, 3.05) is 18.0 Å². The van der Waals surface area contributed by atoms with E-state index in [2.05, 4.69) is 22.0 Å². The van der Waals surface area contributed by atoms with Gasteiger partial charge in [-0.1, -0.05) is 24.9 Å². The van der Waals surface area contributed by atoms with Gasteiger partial charge in [0.2, 0.25) is 5.89 Å². The van der Waals surface area contributed by atoms with E-state index >= 15 is 0 Å². The smallest absolute Gasteiger partial charge is 0.318 e. The third-order valence-corrected chi connectivity index (χ3v) is 3.41. The summed E-state index contributed by atoms with van der Waals surface area (Å²) >= 11 is 0. The number of anilines is 1. The van der Waals surface area contributed by atoms with Crippen molar-refractivity contribution in [3.05, 3.63) is 5.89 Å². The van der Waals surface area contributed by atoms with Crippen LogP contribution in [0.2, 0.25) is 0 Å². The Kier molecular flexibility index (Phi) is 4.36. The lowest BCUT2D eigenvalue weighted by Crippen LogP contribution is -2.34. The van der Waals surface area contributed by atoms with Crippen LogP contribution >= 0.6 is 0 Å². The van der Waals surface area contributed by atoms with Crippen LogP contribution in [-0.2, 0) is 6.42 Å². The topological polar surface area (TPSA) is 68.2 Å². The Morgan fingerprint density at radius 2 is 2.24 bits per heavy atom. The fourth-order valence-corrected chi connectivity index (χ4v) is 2.44. The molecule has 0 bridgehead atoms. The Bertz CT molecular complexity index is 339. The largest absolute Gasteiger partial charge is 0.408 e. The molecule has 1 saturated heterocycles. The van der Waals surface area contributed by atoms with E-state index in [4.69, 9.17) is 10.2 Å². The van der Waals surface area contributed by atoms with Crippen LogP contribution < -0.4 is 10.6 Å². The third kappa shape index (κ3) is 2.97. The first kappa shape index (κ1) is 12.4. The van der Waals surface area contributed by atoms with E-state index in [0.717, 1.165) is 13.0 Å². The highest BCUT2D eigenvalue weighted by molar-refractivity contribution is 5.26. The molecule has 0 aliphatic carbocycles. The molecule has 0 radical (unpaired) electrons. The first-order chi connectivity index (χ1) is 8.35. The molecule has 1 fully saturated rings. The van der Waals surface area contributed by atoms with E-state index in [-0.39, 0.29) is 0 Å². The molecule has 1 unspecified atom stereocenters. The van der Waals surface area contributed by atoms with Crippen LogP contribution in [0.3, 0.4) is 0 Å². The molecule has 1 aliphatic rings. The Morgan fingerprint density at radius 1 is 1.35 bits per heavy atom. The fourth-order valence-electron chi connectivity index (χ4n) is 2.44. The number of rotatable bonds is 4. The number of hydrogen-bond acceptors (Lipinski definition) is 5. The summed E-state index contributed by atoms with van der Waals surface area (Å²) in [6.45, 7) is 3.81. The molecule has 0 aromatic carbocycles. The van der Waals surface area contributed by atoms with Gasteiger partial charge in [-0.15, -0.1) is 5.10 Å². The van der Waals surface area contributed by atoms with Crippen LogP contribution in [0.1, 0.15) is 44.9 Å². The number of nitrogens with two attached hydrogens (primary N) is 1. The summed E-state index contributed by atoms with van der Waals surface area (Å²) in [6, 6.07) is 1.23. The highest BCUT2D eigenvalue weighted by Gasteiger charge is 2.23. The third-order valence-electron chi connectivity index (χ3n) is 3.41. The van der Waals surface area contributed by atoms with Crippen molar-refractivity contribution >= 4 is 6.01 Å².